The quantitative estimate of drug-likeness (QED) is 0.770. The van der Waals surface area contributed by atoms with Gasteiger partial charge in [0.05, 0.1) is 24.5 Å². The number of aryl methyl sites for hydroxylation is 1. The number of aromatic nitrogens is 2. The van der Waals surface area contributed by atoms with Crippen LogP contribution in [0.3, 0.4) is 0 Å². The van der Waals surface area contributed by atoms with Gasteiger partial charge in [-0.3, -0.25) is 4.79 Å². The number of carbonyl (C=O) groups excluding carboxylic acids is 1. The summed E-state index contributed by atoms with van der Waals surface area (Å²) >= 11 is 6.15. The lowest BCUT2D eigenvalue weighted by molar-refractivity contribution is 0.0951. The van der Waals surface area contributed by atoms with Crippen LogP contribution in [0.2, 0.25) is 5.02 Å². The standard InChI is InChI=1S/C17H16ClN3O2/c1-10-5-16(23-2)12(6-13(10)18)8-19-17(22)11-3-4-14-15(7-11)21-9-20-14/h3-7,9H,8H2,1-2H3,(H,19,22)(H,20,21). The Labute approximate surface area is 138 Å². The third-order valence-corrected chi connectivity index (χ3v) is 4.09. The molecule has 3 rings (SSSR count). The van der Waals surface area contributed by atoms with Crippen molar-refractivity contribution in [1.82, 2.24) is 15.3 Å². The zero-order valence-corrected chi connectivity index (χ0v) is 13.6. The molecule has 0 atom stereocenters. The molecule has 0 saturated heterocycles. The Kier molecular flexibility index (Phi) is 4.21. The molecule has 2 N–H and O–H groups in total. The zero-order chi connectivity index (χ0) is 16.4. The molecule has 5 nitrogen and oxygen atoms in total. The number of nitrogens with zero attached hydrogens (tertiary/aromatic N) is 1. The summed E-state index contributed by atoms with van der Waals surface area (Å²) in [5.74, 6) is 0.538. The highest BCUT2D eigenvalue weighted by molar-refractivity contribution is 6.31. The lowest BCUT2D eigenvalue weighted by Gasteiger charge is -2.12. The molecule has 2 aromatic carbocycles. The second-order valence-electron chi connectivity index (χ2n) is 5.23. The molecule has 0 fully saturated rings. The van der Waals surface area contributed by atoms with Crippen LogP contribution in [-0.4, -0.2) is 23.0 Å². The molecule has 0 unspecified atom stereocenters. The van der Waals surface area contributed by atoms with Gasteiger partial charge in [-0.15, -0.1) is 0 Å². The highest BCUT2D eigenvalue weighted by Crippen LogP contribution is 2.26. The van der Waals surface area contributed by atoms with Crippen molar-refractivity contribution in [2.75, 3.05) is 7.11 Å². The fourth-order valence-electron chi connectivity index (χ4n) is 2.38. The molecular weight excluding hydrogens is 314 g/mol. The topological polar surface area (TPSA) is 67.0 Å². The van der Waals surface area contributed by atoms with Gasteiger partial charge in [0.2, 0.25) is 0 Å². The third kappa shape index (κ3) is 3.14. The SMILES string of the molecule is COc1cc(C)c(Cl)cc1CNC(=O)c1ccc2nc[nH]c2c1. The first-order chi connectivity index (χ1) is 11.1. The largest absolute Gasteiger partial charge is 0.496 e. The number of nitrogens with one attached hydrogen (secondary N) is 2. The van der Waals surface area contributed by atoms with Crippen LogP contribution in [-0.2, 0) is 6.54 Å². The van der Waals surface area contributed by atoms with Crippen molar-refractivity contribution >= 4 is 28.5 Å². The molecule has 118 valence electrons. The van der Waals surface area contributed by atoms with E-state index in [2.05, 4.69) is 15.3 Å². The van der Waals surface area contributed by atoms with E-state index in [4.69, 9.17) is 16.3 Å². The number of amides is 1. The number of rotatable bonds is 4. The van der Waals surface area contributed by atoms with Crippen molar-refractivity contribution in [2.45, 2.75) is 13.5 Å². The lowest BCUT2D eigenvalue weighted by Crippen LogP contribution is -2.23. The van der Waals surface area contributed by atoms with Crippen molar-refractivity contribution in [2.24, 2.45) is 0 Å². The Morgan fingerprint density at radius 1 is 1.35 bits per heavy atom. The van der Waals surface area contributed by atoms with E-state index in [0.717, 1.165) is 22.2 Å². The molecule has 1 amide bonds. The number of benzene rings is 2. The summed E-state index contributed by atoms with van der Waals surface area (Å²) in [6.45, 7) is 2.25. The number of fused-ring (bicyclic) bond motifs is 1. The van der Waals surface area contributed by atoms with E-state index in [-0.39, 0.29) is 5.91 Å². The van der Waals surface area contributed by atoms with E-state index in [1.165, 1.54) is 0 Å². The summed E-state index contributed by atoms with van der Waals surface area (Å²) in [5, 5.41) is 3.53. The molecule has 1 heterocycles. The number of halogens is 1. The van der Waals surface area contributed by atoms with Crippen molar-refractivity contribution < 1.29 is 9.53 Å². The Morgan fingerprint density at radius 3 is 2.96 bits per heavy atom. The predicted molar refractivity (Wildman–Crippen MR) is 90.0 cm³/mol. The normalized spacial score (nSPS) is 10.7. The van der Waals surface area contributed by atoms with Gasteiger partial charge in [-0.2, -0.15) is 0 Å². The molecule has 3 aromatic rings. The molecule has 0 aliphatic heterocycles. The number of aromatic amines is 1. The van der Waals surface area contributed by atoms with Crippen molar-refractivity contribution in [3.05, 3.63) is 58.4 Å². The Morgan fingerprint density at radius 2 is 2.17 bits per heavy atom. The predicted octanol–water partition coefficient (Wildman–Crippen LogP) is 3.46. The Hall–Kier alpha value is -2.53. The molecule has 23 heavy (non-hydrogen) atoms. The van der Waals surface area contributed by atoms with Gasteiger partial charge in [0, 0.05) is 22.7 Å². The highest BCUT2D eigenvalue weighted by atomic mass is 35.5. The van der Waals surface area contributed by atoms with Crippen molar-refractivity contribution in [1.29, 1.82) is 0 Å². The molecule has 1 aromatic heterocycles. The summed E-state index contributed by atoms with van der Waals surface area (Å²) < 4.78 is 5.34. The van der Waals surface area contributed by atoms with Crippen LogP contribution >= 0.6 is 11.6 Å². The van der Waals surface area contributed by atoms with Gasteiger partial charge >= 0.3 is 0 Å². The van der Waals surface area contributed by atoms with E-state index in [9.17, 15) is 4.79 Å². The third-order valence-electron chi connectivity index (χ3n) is 3.68. The fourth-order valence-corrected chi connectivity index (χ4v) is 2.57. The zero-order valence-electron chi connectivity index (χ0n) is 12.8. The second kappa shape index (κ2) is 6.30. The summed E-state index contributed by atoms with van der Waals surface area (Å²) in [6, 6.07) is 9.01. The van der Waals surface area contributed by atoms with Crippen LogP contribution < -0.4 is 10.1 Å². The van der Waals surface area contributed by atoms with Crippen LogP contribution in [0.4, 0.5) is 0 Å². The maximum atomic E-state index is 12.3. The van der Waals surface area contributed by atoms with Gasteiger partial charge in [0.15, 0.2) is 0 Å². The molecule has 0 radical (unpaired) electrons. The van der Waals surface area contributed by atoms with Crippen molar-refractivity contribution in [3.63, 3.8) is 0 Å². The van der Waals surface area contributed by atoms with Gasteiger partial charge in [-0.1, -0.05) is 11.6 Å². The first-order valence-corrected chi connectivity index (χ1v) is 7.50. The number of imidazole rings is 1. The second-order valence-corrected chi connectivity index (χ2v) is 5.64. The first-order valence-electron chi connectivity index (χ1n) is 7.13. The number of ether oxygens (including phenoxy) is 1. The average Bonchev–Trinajstić information content (AvgIpc) is 3.02. The Bertz CT molecular complexity index is 873. The van der Waals surface area contributed by atoms with Crippen LogP contribution in [0.1, 0.15) is 21.5 Å². The summed E-state index contributed by atoms with van der Waals surface area (Å²) in [6.07, 6.45) is 1.60. The minimum atomic E-state index is -0.166. The van der Waals surface area contributed by atoms with Crippen LogP contribution in [0.15, 0.2) is 36.7 Å². The van der Waals surface area contributed by atoms with E-state index >= 15 is 0 Å². The molecule has 0 spiro atoms. The van der Waals surface area contributed by atoms with Crippen LogP contribution in [0, 0.1) is 6.92 Å². The molecule has 0 aliphatic rings. The van der Waals surface area contributed by atoms with Crippen LogP contribution in [0.5, 0.6) is 5.75 Å². The molecule has 6 heteroatoms. The minimum Gasteiger partial charge on any atom is -0.496 e. The smallest absolute Gasteiger partial charge is 0.251 e. The number of hydrogen-bond acceptors (Lipinski definition) is 3. The van der Waals surface area contributed by atoms with Gasteiger partial charge in [-0.25, -0.2) is 4.98 Å². The molecule has 0 bridgehead atoms. The first kappa shape index (κ1) is 15.4. The lowest BCUT2D eigenvalue weighted by atomic mass is 10.1. The minimum absolute atomic E-state index is 0.166. The van der Waals surface area contributed by atoms with Crippen molar-refractivity contribution in [3.8, 4) is 5.75 Å². The van der Waals surface area contributed by atoms with E-state index in [1.54, 1.807) is 25.6 Å². The molecular formula is C17H16ClN3O2. The maximum absolute atomic E-state index is 12.3. The maximum Gasteiger partial charge on any atom is 0.251 e. The summed E-state index contributed by atoms with van der Waals surface area (Å²) in [5.41, 5.74) is 3.99. The van der Waals surface area contributed by atoms with E-state index < -0.39 is 0 Å². The molecule has 0 aliphatic carbocycles. The number of H-pyrrole nitrogens is 1. The number of carbonyl (C=O) groups is 1. The average molecular weight is 330 g/mol. The monoisotopic (exact) mass is 329 g/mol. The van der Waals surface area contributed by atoms with E-state index in [1.807, 2.05) is 25.1 Å². The van der Waals surface area contributed by atoms with Gasteiger partial charge in [0.25, 0.3) is 5.91 Å². The van der Waals surface area contributed by atoms with Gasteiger partial charge in [0.1, 0.15) is 5.75 Å². The highest BCUT2D eigenvalue weighted by Gasteiger charge is 2.11. The Balaban J connectivity index is 1.77. The summed E-state index contributed by atoms with van der Waals surface area (Å²) in [7, 11) is 1.60. The fraction of sp³-hybridized carbons (Fsp3) is 0.176. The molecule has 0 saturated carbocycles. The van der Waals surface area contributed by atoms with Gasteiger partial charge in [-0.05, 0) is 42.8 Å². The summed E-state index contributed by atoms with van der Waals surface area (Å²) in [4.78, 5) is 19.4. The van der Waals surface area contributed by atoms with E-state index in [0.29, 0.717) is 22.9 Å². The number of hydrogen-bond donors (Lipinski definition) is 2. The van der Waals surface area contributed by atoms with Crippen LogP contribution in [0.25, 0.3) is 11.0 Å². The number of methoxy groups -OCH3 is 1. The van der Waals surface area contributed by atoms with Gasteiger partial charge < -0.3 is 15.0 Å².